The van der Waals surface area contributed by atoms with Crippen LogP contribution in [-0.4, -0.2) is 14.6 Å². The summed E-state index contributed by atoms with van der Waals surface area (Å²) in [4.78, 5) is 0. The van der Waals surface area contributed by atoms with Crippen molar-refractivity contribution in [3.63, 3.8) is 0 Å². The number of thiophene rings is 1. The van der Waals surface area contributed by atoms with Gasteiger partial charge in [-0.25, -0.2) is 0 Å². The highest BCUT2D eigenvalue weighted by Gasteiger charge is 2.11. The number of nitriles is 1. The van der Waals surface area contributed by atoms with Gasteiger partial charge in [-0.3, -0.25) is 4.40 Å². The van der Waals surface area contributed by atoms with Crippen molar-refractivity contribution in [1.29, 1.82) is 5.26 Å². The molecule has 17 heavy (non-hydrogen) atoms. The molecule has 82 valence electrons. The van der Waals surface area contributed by atoms with Crippen LogP contribution in [0.15, 0.2) is 29.1 Å². The molecule has 0 aliphatic carbocycles. The highest BCUT2D eigenvalue weighted by Crippen LogP contribution is 2.25. The lowest BCUT2D eigenvalue weighted by molar-refractivity contribution is 1.11. The standard InChI is InChI=1S/C12H8N4S/c1-8-6-17-7-10(8)12-15-14-11-4-9(5-13)2-3-16(11)12/h2-4,6-7H,1H3. The van der Waals surface area contributed by atoms with Gasteiger partial charge in [0.05, 0.1) is 11.6 Å². The Bertz CT molecular complexity index is 732. The predicted molar refractivity (Wildman–Crippen MR) is 65.8 cm³/mol. The molecular weight excluding hydrogens is 232 g/mol. The minimum absolute atomic E-state index is 0.596. The van der Waals surface area contributed by atoms with Gasteiger partial charge >= 0.3 is 0 Å². The minimum atomic E-state index is 0.596. The number of hydrogen-bond donors (Lipinski definition) is 0. The first-order valence-corrected chi connectivity index (χ1v) is 6.02. The molecular formula is C12H8N4S. The van der Waals surface area contributed by atoms with Crippen molar-refractivity contribution in [2.75, 3.05) is 0 Å². The molecule has 0 aliphatic heterocycles. The largest absolute Gasteiger partial charge is 0.282 e. The molecule has 5 heteroatoms. The number of nitrogens with zero attached hydrogens (tertiary/aromatic N) is 4. The Kier molecular flexibility index (Phi) is 2.16. The van der Waals surface area contributed by atoms with Gasteiger partial charge in [0.25, 0.3) is 0 Å². The number of rotatable bonds is 1. The summed E-state index contributed by atoms with van der Waals surface area (Å²) in [6.07, 6.45) is 1.83. The van der Waals surface area contributed by atoms with Crippen molar-refractivity contribution < 1.29 is 0 Å². The van der Waals surface area contributed by atoms with Crippen LogP contribution >= 0.6 is 11.3 Å². The summed E-state index contributed by atoms with van der Waals surface area (Å²) in [6, 6.07) is 5.60. The third kappa shape index (κ3) is 1.50. The second-order valence-corrected chi connectivity index (χ2v) is 4.49. The Morgan fingerprint density at radius 1 is 1.35 bits per heavy atom. The molecule has 3 rings (SSSR count). The molecule has 0 amide bonds. The van der Waals surface area contributed by atoms with Crippen molar-refractivity contribution in [2.45, 2.75) is 6.92 Å². The van der Waals surface area contributed by atoms with Crippen LogP contribution in [0.4, 0.5) is 0 Å². The van der Waals surface area contributed by atoms with E-state index in [0.29, 0.717) is 11.2 Å². The van der Waals surface area contributed by atoms with Crippen LogP contribution in [0.5, 0.6) is 0 Å². The van der Waals surface area contributed by atoms with Gasteiger partial charge in [-0.1, -0.05) is 0 Å². The monoisotopic (exact) mass is 240 g/mol. The maximum Gasteiger partial charge on any atom is 0.169 e. The molecule has 0 unspecified atom stereocenters. The van der Waals surface area contributed by atoms with Crippen molar-refractivity contribution in [1.82, 2.24) is 14.6 Å². The highest BCUT2D eigenvalue weighted by molar-refractivity contribution is 7.08. The molecule has 0 saturated carbocycles. The normalized spacial score (nSPS) is 10.6. The van der Waals surface area contributed by atoms with Gasteiger partial charge in [-0.05, 0) is 23.9 Å². The van der Waals surface area contributed by atoms with Gasteiger partial charge in [0.1, 0.15) is 0 Å². The molecule has 0 aromatic carbocycles. The lowest BCUT2D eigenvalue weighted by Crippen LogP contribution is -1.89. The highest BCUT2D eigenvalue weighted by atomic mass is 32.1. The van der Waals surface area contributed by atoms with E-state index in [1.165, 1.54) is 5.56 Å². The molecule has 0 radical (unpaired) electrons. The fourth-order valence-electron chi connectivity index (χ4n) is 1.73. The number of aryl methyl sites for hydroxylation is 1. The van der Waals surface area contributed by atoms with E-state index >= 15 is 0 Å². The molecule has 0 saturated heterocycles. The SMILES string of the molecule is Cc1cscc1-c1nnc2cc(C#N)ccn12. The average molecular weight is 240 g/mol. The Balaban J connectivity index is 2.27. The summed E-state index contributed by atoms with van der Waals surface area (Å²) in [5, 5.41) is 21.2. The zero-order valence-electron chi connectivity index (χ0n) is 9.08. The third-order valence-electron chi connectivity index (χ3n) is 2.64. The molecule has 4 nitrogen and oxygen atoms in total. The van der Waals surface area contributed by atoms with Crippen LogP contribution in [0.3, 0.4) is 0 Å². The Hall–Kier alpha value is -2.19. The molecule has 0 atom stereocenters. The Morgan fingerprint density at radius 3 is 2.94 bits per heavy atom. The maximum absolute atomic E-state index is 8.83. The molecule has 0 fully saturated rings. The van der Waals surface area contributed by atoms with E-state index in [2.05, 4.69) is 34.0 Å². The van der Waals surface area contributed by atoms with Gasteiger partial charge in [0.2, 0.25) is 0 Å². The summed E-state index contributed by atoms with van der Waals surface area (Å²) in [7, 11) is 0. The Morgan fingerprint density at radius 2 is 2.24 bits per heavy atom. The van der Waals surface area contributed by atoms with Crippen LogP contribution in [0, 0.1) is 18.3 Å². The van der Waals surface area contributed by atoms with Crippen LogP contribution in [0.2, 0.25) is 0 Å². The van der Waals surface area contributed by atoms with Gasteiger partial charge in [-0.15, -0.1) is 10.2 Å². The summed E-state index contributed by atoms with van der Waals surface area (Å²) in [5.74, 6) is 0.822. The van der Waals surface area contributed by atoms with E-state index in [9.17, 15) is 0 Å². The Labute approximate surface area is 102 Å². The average Bonchev–Trinajstić information content (AvgIpc) is 2.94. The first-order valence-electron chi connectivity index (χ1n) is 5.07. The van der Waals surface area contributed by atoms with Crippen molar-refractivity contribution in [3.05, 3.63) is 40.2 Å². The van der Waals surface area contributed by atoms with E-state index in [-0.39, 0.29) is 0 Å². The molecule has 0 spiro atoms. The smallest absolute Gasteiger partial charge is 0.169 e. The number of fused-ring (bicyclic) bond motifs is 1. The number of hydrogen-bond acceptors (Lipinski definition) is 4. The van der Waals surface area contributed by atoms with Gasteiger partial charge < -0.3 is 0 Å². The molecule has 3 aromatic rings. The summed E-state index contributed by atoms with van der Waals surface area (Å²) in [6.45, 7) is 2.05. The second kappa shape index (κ2) is 3.68. The quantitative estimate of drug-likeness (QED) is 0.657. The van der Waals surface area contributed by atoms with Crippen molar-refractivity contribution >= 4 is 17.0 Å². The third-order valence-corrected chi connectivity index (χ3v) is 3.50. The van der Waals surface area contributed by atoms with Crippen molar-refractivity contribution in [3.8, 4) is 17.5 Å². The van der Waals surface area contributed by atoms with Crippen LogP contribution in [0.1, 0.15) is 11.1 Å². The predicted octanol–water partition coefficient (Wildman–Crippen LogP) is 2.64. The van der Waals surface area contributed by atoms with Gasteiger partial charge in [0, 0.05) is 23.2 Å². The van der Waals surface area contributed by atoms with E-state index in [1.807, 2.05) is 10.6 Å². The second-order valence-electron chi connectivity index (χ2n) is 3.75. The first kappa shape index (κ1) is 10.00. The van der Waals surface area contributed by atoms with E-state index in [4.69, 9.17) is 5.26 Å². The van der Waals surface area contributed by atoms with Crippen molar-refractivity contribution in [2.24, 2.45) is 0 Å². The first-order chi connectivity index (χ1) is 8.29. The maximum atomic E-state index is 8.83. The molecule has 0 bridgehead atoms. The molecule has 0 N–H and O–H groups in total. The van der Waals surface area contributed by atoms with E-state index in [0.717, 1.165) is 11.4 Å². The summed E-state index contributed by atoms with van der Waals surface area (Å²) >= 11 is 1.65. The van der Waals surface area contributed by atoms with Gasteiger partial charge in [-0.2, -0.15) is 16.6 Å². The molecule has 0 aliphatic rings. The van der Waals surface area contributed by atoms with E-state index < -0.39 is 0 Å². The molecule has 3 heterocycles. The number of aromatic nitrogens is 3. The topological polar surface area (TPSA) is 54.0 Å². The van der Waals surface area contributed by atoms with E-state index in [1.54, 1.807) is 23.5 Å². The minimum Gasteiger partial charge on any atom is -0.282 e. The lowest BCUT2D eigenvalue weighted by atomic mass is 10.2. The fourth-order valence-corrected chi connectivity index (χ4v) is 2.56. The lowest BCUT2D eigenvalue weighted by Gasteiger charge is -1.98. The summed E-state index contributed by atoms with van der Waals surface area (Å²) < 4.78 is 1.90. The van der Waals surface area contributed by atoms with Gasteiger partial charge in [0.15, 0.2) is 11.5 Å². The zero-order chi connectivity index (χ0) is 11.8. The zero-order valence-corrected chi connectivity index (χ0v) is 9.90. The number of pyridine rings is 1. The fraction of sp³-hybridized carbons (Fsp3) is 0.0833. The molecule has 3 aromatic heterocycles. The van der Waals surface area contributed by atoms with Crippen LogP contribution in [0.25, 0.3) is 17.0 Å². The summed E-state index contributed by atoms with van der Waals surface area (Å²) in [5.41, 5.74) is 3.57. The van der Waals surface area contributed by atoms with Crippen LogP contribution < -0.4 is 0 Å². The van der Waals surface area contributed by atoms with Crippen LogP contribution in [-0.2, 0) is 0 Å².